The number of aliphatic imine (C=N–C) groups is 1. The van der Waals surface area contributed by atoms with Crippen LogP contribution in [0, 0.1) is 13.8 Å². The molecule has 2 rings (SSSR count). The van der Waals surface area contributed by atoms with E-state index in [1.165, 1.54) is 10.4 Å². The molecule has 0 aromatic carbocycles. The molecular formula is C17H25N5S. The molecule has 124 valence electrons. The Bertz CT molecular complexity index is 602. The van der Waals surface area contributed by atoms with E-state index in [4.69, 9.17) is 0 Å². The molecule has 0 aliphatic heterocycles. The standard InChI is InChI=1S/C17H25N5S/c1-4-19-17(20-10-7-15-6-5-9-18-12-15)21-11-8-16-22-13(2)14(3)23-16/h5-6,9,12H,4,7-8,10-11H2,1-3H3,(H2,19,20,21). The quantitative estimate of drug-likeness (QED) is 0.604. The Morgan fingerprint density at radius 2 is 2.13 bits per heavy atom. The molecule has 6 heteroatoms. The van der Waals surface area contributed by atoms with Crippen LogP contribution in [0.5, 0.6) is 0 Å². The third kappa shape index (κ3) is 5.98. The third-order valence-corrected chi connectivity index (χ3v) is 4.57. The van der Waals surface area contributed by atoms with Gasteiger partial charge in [-0.2, -0.15) is 0 Å². The van der Waals surface area contributed by atoms with Crippen LogP contribution in [0.1, 0.15) is 28.1 Å². The molecule has 0 atom stereocenters. The number of hydrogen-bond acceptors (Lipinski definition) is 4. The summed E-state index contributed by atoms with van der Waals surface area (Å²) < 4.78 is 0. The van der Waals surface area contributed by atoms with Gasteiger partial charge in [0.1, 0.15) is 0 Å². The van der Waals surface area contributed by atoms with E-state index in [0.29, 0.717) is 0 Å². The van der Waals surface area contributed by atoms with Crippen LogP contribution in [0.4, 0.5) is 0 Å². The highest BCUT2D eigenvalue weighted by Gasteiger charge is 2.03. The van der Waals surface area contributed by atoms with E-state index in [2.05, 4.69) is 52.4 Å². The van der Waals surface area contributed by atoms with Crippen LogP contribution >= 0.6 is 11.3 Å². The van der Waals surface area contributed by atoms with E-state index >= 15 is 0 Å². The van der Waals surface area contributed by atoms with E-state index in [0.717, 1.165) is 49.1 Å². The van der Waals surface area contributed by atoms with Crippen LogP contribution in [0.25, 0.3) is 0 Å². The fraction of sp³-hybridized carbons (Fsp3) is 0.471. The Balaban J connectivity index is 1.79. The normalized spacial score (nSPS) is 11.5. The van der Waals surface area contributed by atoms with Crippen molar-refractivity contribution in [3.63, 3.8) is 0 Å². The zero-order valence-electron chi connectivity index (χ0n) is 14.1. The fourth-order valence-electron chi connectivity index (χ4n) is 2.12. The average Bonchev–Trinajstić information content (AvgIpc) is 2.86. The van der Waals surface area contributed by atoms with Crippen molar-refractivity contribution in [1.82, 2.24) is 20.6 Å². The van der Waals surface area contributed by atoms with Crippen LogP contribution in [0.3, 0.4) is 0 Å². The predicted molar refractivity (Wildman–Crippen MR) is 97.2 cm³/mol. The molecule has 0 unspecified atom stereocenters. The molecule has 2 aromatic heterocycles. The Labute approximate surface area is 142 Å². The number of aromatic nitrogens is 2. The number of pyridine rings is 1. The van der Waals surface area contributed by atoms with Gasteiger partial charge < -0.3 is 10.6 Å². The Morgan fingerprint density at radius 3 is 2.78 bits per heavy atom. The maximum absolute atomic E-state index is 4.62. The smallest absolute Gasteiger partial charge is 0.191 e. The van der Waals surface area contributed by atoms with Crippen molar-refractivity contribution in [2.24, 2.45) is 4.99 Å². The minimum absolute atomic E-state index is 0.745. The van der Waals surface area contributed by atoms with Crippen LogP contribution in [0.15, 0.2) is 29.5 Å². The third-order valence-electron chi connectivity index (χ3n) is 3.44. The topological polar surface area (TPSA) is 62.2 Å². The second-order valence-electron chi connectivity index (χ2n) is 5.30. The molecule has 0 saturated carbocycles. The highest BCUT2D eigenvalue weighted by molar-refractivity contribution is 7.11. The molecule has 0 aliphatic carbocycles. The van der Waals surface area contributed by atoms with Gasteiger partial charge in [-0.3, -0.25) is 9.98 Å². The highest BCUT2D eigenvalue weighted by Crippen LogP contribution is 2.16. The zero-order chi connectivity index (χ0) is 16.5. The van der Waals surface area contributed by atoms with Crippen molar-refractivity contribution in [2.45, 2.75) is 33.6 Å². The summed E-state index contributed by atoms with van der Waals surface area (Å²) in [6.45, 7) is 8.69. The summed E-state index contributed by atoms with van der Waals surface area (Å²) in [5.41, 5.74) is 2.36. The van der Waals surface area contributed by atoms with Gasteiger partial charge in [0.05, 0.1) is 10.7 Å². The first-order valence-corrected chi connectivity index (χ1v) is 8.84. The van der Waals surface area contributed by atoms with Gasteiger partial charge in [-0.15, -0.1) is 11.3 Å². The number of rotatable bonds is 7. The summed E-state index contributed by atoms with van der Waals surface area (Å²) in [7, 11) is 0. The monoisotopic (exact) mass is 331 g/mol. The summed E-state index contributed by atoms with van der Waals surface area (Å²) in [4.78, 5) is 14.6. The lowest BCUT2D eigenvalue weighted by molar-refractivity contribution is 0.794. The van der Waals surface area contributed by atoms with Crippen LogP contribution in [-0.2, 0) is 12.8 Å². The first-order chi connectivity index (χ1) is 11.2. The second kappa shape index (κ2) is 9.25. The Morgan fingerprint density at radius 1 is 1.26 bits per heavy atom. The molecule has 23 heavy (non-hydrogen) atoms. The van der Waals surface area contributed by atoms with E-state index in [1.54, 1.807) is 17.5 Å². The zero-order valence-corrected chi connectivity index (χ0v) is 14.9. The lowest BCUT2D eigenvalue weighted by Crippen LogP contribution is -2.38. The van der Waals surface area contributed by atoms with Crippen molar-refractivity contribution in [2.75, 3.05) is 19.6 Å². The summed E-state index contributed by atoms with van der Waals surface area (Å²) in [5, 5.41) is 7.81. The van der Waals surface area contributed by atoms with Gasteiger partial charge in [-0.25, -0.2) is 4.98 Å². The van der Waals surface area contributed by atoms with Gasteiger partial charge in [0, 0.05) is 43.3 Å². The Hall–Kier alpha value is -1.95. The molecule has 0 amide bonds. The summed E-state index contributed by atoms with van der Waals surface area (Å²) in [6, 6.07) is 4.05. The minimum atomic E-state index is 0.745. The number of hydrogen-bond donors (Lipinski definition) is 2. The van der Waals surface area contributed by atoms with Crippen molar-refractivity contribution in [1.29, 1.82) is 0 Å². The number of aryl methyl sites for hydroxylation is 2. The van der Waals surface area contributed by atoms with Gasteiger partial charge in [-0.05, 0) is 38.8 Å². The van der Waals surface area contributed by atoms with Crippen LogP contribution in [-0.4, -0.2) is 35.6 Å². The molecule has 0 bridgehead atoms. The molecule has 0 fully saturated rings. The molecule has 0 aliphatic rings. The number of nitrogens with zero attached hydrogens (tertiary/aromatic N) is 3. The first-order valence-electron chi connectivity index (χ1n) is 8.03. The van der Waals surface area contributed by atoms with Crippen LogP contribution in [0.2, 0.25) is 0 Å². The number of nitrogens with one attached hydrogen (secondary N) is 2. The highest BCUT2D eigenvalue weighted by atomic mass is 32.1. The second-order valence-corrected chi connectivity index (χ2v) is 6.59. The lowest BCUT2D eigenvalue weighted by Gasteiger charge is -2.11. The fourth-order valence-corrected chi connectivity index (χ4v) is 3.05. The van der Waals surface area contributed by atoms with E-state index in [1.807, 2.05) is 12.3 Å². The van der Waals surface area contributed by atoms with Gasteiger partial charge in [0.25, 0.3) is 0 Å². The minimum Gasteiger partial charge on any atom is -0.357 e. The van der Waals surface area contributed by atoms with Gasteiger partial charge in [-0.1, -0.05) is 6.07 Å². The number of guanidine groups is 1. The maximum Gasteiger partial charge on any atom is 0.191 e. The Kier molecular flexibility index (Phi) is 7.00. The average molecular weight is 331 g/mol. The van der Waals surface area contributed by atoms with E-state index in [-0.39, 0.29) is 0 Å². The largest absolute Gasteiger partial charge is 0.357 e. The summed E-state index contributed by atoms with van der Waals surface area (Å²) in [6.07, 6.45) is 5.52. The molecular weight excluding hydrogens is 306 g/mol. The van der Waals surface area contributed by atoms with Crippen molar-refractivity contribution < 1.29 is 0 Å². The summed E-state index contributed by atoms with van der Waals surface area (Å²) >= 11 is 1.77. The predicted octanol–water partition coefficient (Wildman–Crippen LogP) is 2.50. The molecule has 0 spiro atoms. The van der Waals surface area contributed by atoms with E-state index < -0.39 is 0 Å². The van der Waals surface area contributed by atoms with Gasteiger partial charge >= 0.3 is 0 Å². The molecule has 0 radical (unpaired) electrons. The molecule has 5 nitrogen and oxygen atoms in total. The van der Waals surface area contributed by atoms with Crippen molar-refractivity contribution in [3.8, 4) is 0 Å². The molecule has 2 heterocycles. The summed E-state index contributed by atoms with van der Waals surface area (Å²) in [5.74, 6) is 0.862. The first kappa shape index (κ1) is 17.4. The van der Waals surface area contributed by atoms with Crippen molar-refractivity contribution >= 4 is 17.3 Å². The van der Waals surface area contributed by atoms with E-state index in [9.17, 15) is 0 Å². The maximum atomic E-state index is 4.62. The van der Waals surface area contributed by atoms with Gasteiger partial charge in [0.15, 0.2) is 5.96 Å². The molecule has 2 N–H and O–H groups in total. The van der Waals surface area contributed by atoms with Gasteiger partial charge in [0.2, 0.25) is 0 Å². The van der Waals surface area contributed by atoms with Crippen molar-refractivity contribution in [3.05, 3.63) is 45.7 Å². The van der Waals surface area contributed by atoms with Crippen LogP contribution < -0.4 is 10.6 Å². The SMILES string of the molecule is CCNC(=NCCc1nc(C)c(C)s1)NCCc1cccnc1. The number of thiazole rings is 1. The molecule has 0 saturated heterocycles. The lowest BCUT2D eigenvalue weighted by atomic mass is 10.2. The molecule has 2 aromatic rings.